The highest BCUT2D eigenvalue weighted by atomic mass is 28.4. The zero-order valence-electron chi connectivity index (χ0n) is 17.3. The normalized spacial score (nSPS) is 12.4. The van der Waals surface area contributed by atoms with Gasteiger partial charge in [-0.3, -0.25) is 0 Å². The summed E-state index contributed by atoms with van der Waals surface area (Å²) in [6.45, 7) is 11.3. The molecule has 2 aromatic carbocycles. The van der Waals surface area contributed by atoms with Gasteiger partial charge in [0.2, 0.25) is 0 Å². The lowest BCUT2D eigenvalue weighted by Gasteiger charge is -2.34. The largest absolute Gasteiger partial charge is 0.462 e. The molecule has 0 aliphatic rings. The van der Waals surface area contributed by atoms with E-state index in [4.69, 9.17) is 9.16 Å². The topological polar surface area (TPSA) is 35.5 Å². The van der Waals surface area contributed by atoms with Crippen LogP contribution < -0.4 is 0 Å². The number of rotatable bonds is 11. The van der Waals surface area contributed by atoms with Crippen molar-refractivity contribution in [3.8, 4) is 0 Å². The molecule has 0 heterocycles. The standard InChI is InChI=1S/C24H32O3Si/c1-5-28(6-2,7-3)27-23(21-14-10-8-11-15-21)20(4)18-19-26-24(25)22-16-12-9-13-17-22/h8-17,23H,4-7,18-19H2,1-3H3. The van der Waals surface area contributed by atoms with E-state index in [0.717, 1.165) is 29.3 Å². The first kappa shape index (κ1) is 22.1. The van der Waals surface area contributed by atoms with E-state index in [1.54, 1.807) is 12.1 Å². The fourth-order valence-corrected chi connectivity index (χ4v) is 6.13. The predicted octanol–water partition coefficient (Wildman–Crippen LogP) is 6.55. The molecule has 0 spiro atoms. The molecule has 3 nitrogen and oxygen atoms in total. The highest BCUT2D eigenvalue weighted by Crippen LogP contribution is 2.34. The van der Waals surface area contributed by atoms with Gasteiger partial charge < -0.3 is 9.16 Å². The second-order valence-corrected chi connectivity index (χ2v) is 11.8. The highest BCUT2D eigenvalue weighted by Gasteiger charge is 2.33. The van der Waals surface area contributed by atoms with E-state index in [-0.39, 0.29) is 12.1 Å². The summed E-state index contributed by atoms with van der Waals surface area (Å²) in [6, 6.07) is 22.6. The summed E-state index contributed by atoms with van der Waals surface area (Å²) in [7, 11) is -1.81. The van der Waals surface area contributed by atoms with Gasteiger partial charge in [0.15, 0.2) is 8.32 Å². The lowest BCUT2D eigenvalue weighted by molar-refractivity contribution is 0.0503. The van der Waals surface area contributed by atoms with Gasteiger partial charge in [-0.25, -0.2) is 4.79 Å². The van der Waals surface area contributed by atoms with Crippen LogP contribution in [-0.2, 0) is 9.16 Å². The van der Waals surface area contributed by atoms with Crippen molar-refractivity contribution < 1.29 is 14.0 Å². The quantitative estimate of drug-likeness (QED) is 0.245. The molecular weight excluding hydrogens is 364 g/mol. The van der Waals surface area contributed by atoms with Crippen LogP contribution >= 0.6 is 0 Å². The molecule has 0 bridgehead atoms. The smallest absolute Gasteiger partial charge is 0.338 e. The number of carbonyl (C=O) groups excluding carboxylic acids is 1. The van der Waals surface area contributed by atoms with Crippen LogP contribution in [0.1, 0.15) is 49.2 Å². The third-order valence-electron chi connectivity index (χ3n) is 5.44. The van der Waals surface area contributed by atoms with E-state index >= 15 is 0 Å². The van der Waals surface area contributed by atoms with Crippen molar-refractivity contribution in [2.24, 2.45) is 0 Å². The van der Waals surface area contributed by atoms with E-state index in [2.05, 4.69) is 39.5 Å². The fraction of sp³-hybridized carbons (Fsp3) is 0.375. The Morgan fingerprint density at radius 3 is 2.00 bits per heavy atom. The minimum Gasteiger partial charge on any atom is -0.462 e. The van der Waals surface area contributed by atoms with Crippen molar-refractivity contribution in [2.75, 3.05) is 6.61 Å². The molecule has 0 radical (unpaired) electrons. The van der Waals surface area contributed by atoms with Gasteiger partial charge in [-0.05, 0) is 41.4 Å². The number of ether oxygens (including phenoxy) is 1. The van der Waals surface area contributed by atoms with Gasteiger partial charge in [-0.15, -0.1) is 0 Å². The molecule has 0 fully saturated rings. The van der Waals surface area contributed by atoms with E-state index in [9.17, 15) is 4.79 Å². The zero-order chi connectivity index (χ0) is 20.4. The Bertz CT molecular complexity index is 731. The third-order valence-corrected chi connectivity index (χ3v) is 10.0. The minimum atomic E-state index is -1.81. The Balaban J connectivity index is 2.06. The zero-order valence-corrected chi connectivity index (χ0v) is 18.3. The minimum absolute atomic E-state index is 0.150. The van der Waals surface area contributed by atoms with Gasteiger partial charge in [0.25, 0.3) is 0 Å². The van der Waals surface area contributed by atoms with Crippen LogP contribution in [0.3, 0.4) is 0 Å². The van der Waals surface area contributed by atoms with Gasteiger partial charge >= 0.3 is 5.97 Å². The second-order valence-electron chi connectivity index (χ2n) is 7.06. The predicted molar refractivity (Wildman–Crippen MR) is 118 cm³/mol. The summed E-state index contributed by atoms with van der Waals surface area (Å²) < 4.78 is 12.2. The molecule has 1 atom stereocenters. The van der Waals surface area contributed by atoms with Crippen LogP contribution in [0.4, 0.5) is 0 Å². The summed E-state index contributed by atoms with van der Waals surface area (Å²) in [5.74, 6) is -0.301. The van der Waals surface area contributed by atoms with Crippen molar-refractivity contribution in [2.45, 2.75) is 51.4 Å². The molecule has 4 heteroatoms. The number of benzene rings is 2. The Hall–Kier alpha value is -2.17. The molecule has 1 unspecified atom stereocenters. The molecule has 150 valence electrons. The average molecular weight is 397 g/mol. The maximum absolute atomic E-state index is 12.2. The van der Waals surface area contributed by atoms with Crippen molar-refractivity contribution in [3.63, 3.8) is 0 Å². The van der Waals surface area contributed by atoms with Crippen molar-refractivity contribution in [3.05, 3.63) is 83.9 Å². The van der Waals surface area contributed by atoms with Crippen LogP contribution in [0.15, 0.2) is 72.8 Å². The Kier molecular flexibility index (Phi) is 8.67. The van der Waals surface area contributed by atoms with E-state index in [0.29, 0.717) is 18.6 Å². The summed E-state index contributed by atoms with van der Waals surface area (Å²) in [6.07, 6.45) is 0.433. The summed E-state index contributed by atoms with van der Waals surface area (Å²) in [5, 5.41) is 0. The summed E-state index contributed by atoms with van der Waals surface area (Å²) in [5.41, 5.74) is 2.65. The fourth-order valence-electron chi connectivity index (χ4n) is 3.33. The molecule has 2 rings (SSSR count). The number of esters is 1. The van der Waals surface area contributed by atoms with Crippen LogP contribution in [0.25, 0.3) is 0 Å². The van der Waals surface area contributed by atoms with Crippen LogP contribution in [-0.4, -0.2) is 20.9 Å². The first-order valence-corrected chi connectivity index (χ1v) is 12.7. The SMILES string of the molecule is C=C(CCOC(=O)c1ccccc1)C(O[Si](CC)(CC)CC)c1ccccc1. The van der Waals surface area contributed by atoms with Crippen molar-refractivity contribution in [1.82, 2.24) is 0 Å². The molecular formula is C24H32O3Si. The maximum Gasteiger partial charge on any atom is 0.338 e. The third kappa shape index (κ3) is 5.91. The number of hydrogen-bond acceptors (Lipinski definition) is 3. The van der Waals surface area contributed by atoms with Crippen LogP contribution in [0, 0.1) is 0 Å². The first-order valence-electron chi connectivity index (χ1n) is 10.2. The monoisotopic (exact) mass is 396 g/mol. The molecule has 0 saturated heterocycles. The molecule has 0 aromatic heterocycles. The van der Waals surface area contributed by atoms with Gasteiger partial charge in [0.05, 0.1) is 18.3 Å². The van der Waals surface area contributed by atoms with Gasteiger partial charge in [0.1, 0.15) is 0 Å². The first-order chi connectivity index (χ1) is 13.5. The second kappa shape index (κ2) is 11.0. The molecule has 0 aliphatic heterocycles. The van der Waals surface area contributed by atoms with Gasteiger partial charge in [-0.2, -0.15) is 0 Å². The Morgan fingerprint density at radius 2 is 1.46 bits per heavy atom. The lowest BCUT2D eigenvalue weighted by Crippen LogP contribution is -2.37. The van der Waals surface area contributed by atoms with E-state index in [1.165, 1.54) is 0 Å². The lowest BCUT2D eigenvalue weighted by atomic mass is 10.0. The number of hydrogen-bond donors (Lipinski definition) is 0. The summed E-state index contributed by atoms with van der Waals surface area (Å²) in [4.78, 5) is 12.2. The average Bonchev–Trinajstić information content (AvgIpc) is 2.76. The number of carbonyl (C=O) groups is 1. The van der Waals surface area contributed by atoms with Crippen LogP contribution in [0.2, 0.25) is 18.1 Å². The molecule has 0 aliphatic carbocycles. The Labute approximate surface area is 170 Å². The molecule has 0 saturated carbocycles. The van der Waals surface area contributed by atoms with E-state index in [1.807, 2.05) is 36.4 Å². The molecule has 0 amide bonds. The van der Waals surface area contributed by atoms with Gasteiger partial charge in [0, 0.05) is 6.42 Å². The van der Waals surface area contributed by atoms with Crippen LogP contribution in [0.5, 0.6) is 0 Å². The summed E-state index contributed by atoms with van der Waals surface area (Å²) >= 11 is 0. The van der Waals surface area contributed by atoms with Crippen molar-refractivity contribution in [1.29, 1.82) is 0 Å². The van der Waals surface area contributed by atoms with Gasteiger partial charge in [-0.1, -0.05) is 75.9 Å². The Morgan fingerprint density at radius 1 is 0.929 bits per heavy atom. The molecule has 2 aromatic rings. The molecule has 28 heavy (non-hydrogen) atoms. The van der Waals surface area contributed by atoms with E-state index < -0.39 is 8.32 Å². The maximum atomic E-state index is 12.2. The molecule has 0 N–H and O–H groups in total. The van der Waals surface area contributed by atoms with Crippen molar-refractivity contribution >= 4 is 14.3 Å². The highest BCUT2D eigenvalue weighted by molar-refractivity contribution is 6.73.